The van der Waals surface area contributed by atoms with Gasteiger partial charge in [0.15, 0.2) is 0 Å². The first-order valence-corrected chi connectivity index (χ1v) is 5.73. The molecule has 0 spiro atoms. The van der Waals surface area contributed by atoms with Gasteiger partial charge >= 0.3 is 6.01 Å². The van der Waals surface area contributed by atoms with E-state index in [0.29, 0.717) is 25.8 Å². The van der Waals surface area contributed by atoms with Crippen LogP contribution in [0.15, 0.2) is 0 Å². The van der Waals surface area contributed by atoms with Crippen LogP contribution in [0.5, 0.6) is 6.01 Å². The topological polar surface area (TPSA) is 89.1 Å². The van der Waals surface area contributed by atoms with Gasteiger partial charge in [-0.3, -0.25) is 10.1 Å². The molecule has 7 heteroatoms. The van der Waals surface area contributed by atoms with Crippen molar-refractivity contribution in [3.63, 3.8) is 0 Å². The van der Waals surface area contributed by atoms with Crippen molar-refractivity contribution in [1.29, 1.82) is 0 Å². The molecule has 7 nitrogen and oxygen atoms in total. The lowest BCUT2D eigenvalue weighted by molar-refractivity contribution is -0.122. The monoisotopic (exact) mass is 240 g/mol. The number of H-pyrrole nitrogens is 1. The van der Waals surface area contributed by atoms with E-state index < -0.39 is 0 Å². The molecule has 2 rings (SSSR count). The lowest BCUT2D eigenvalue weighted by atomic mass is 10.00. The number of nitrogens with one attached hydrogen (secondary N) is 2. The highest BCUT2D eigenvalue weighted by Crippen LogP contribution is 2.16. The summed E-state index contributed by atoms with van der Waals surface area (Å²) in [5, 5.41) is 9.10. The Kier molecular flexibility index (Phi) is 3.92. The van der Waals surface area contributed by atoms with E-state index in [-0.39, 0.29) is 17.8 Å². The molecule has 1 aliphatic rings. The second-order valence-electron chi connectivity index (χ2n) is 3.78. The molecule has 1 fully saturated rings. The van der Waals surface area contributed by atoms with Crippen molar-refractivity contribution in [3.05, 3.63) is 0 Å². The Labute approximate surface area is 98.9 Å². The molecule has 0 atom stereocenters. The minimum Gasteiger partial charge on any atom is -0.463 e. The zero-order valence-corrected chi connectivity index (χ0v) is 9.73. The number of amides is 1. The van der Waals surface area contributed by atoms with E-state index in [0.717, 1.165) is 12.8 Å². The number of carbonyl (C=O) groups is 1. The van der Waals surface area contributed by atoms with Crippen LogP contribution in [0.4, 0.5) is 5.95 Å². The van der Waals surface area contributed by atoms with Crippen LogP contribution >= 0.6 is 0 Å². The molecule has 94 valence electrons. The van der Waals surface area contributed by atoms with Crippen LogP contribution in [0.1, 0.15) is 19.8 Å². The van der Waals surface area contributed by atoms with Gasteiger partial charge in [-0.05, 0) is 19.8 Å². The van der Waals surface area contributed by atoms with Gasteiger partial charge in [-0.25, -0.2) is 5.10 Å². The third-order valence-corrected chi connectivity index (χ3v) is 2.57. The highest BCUT2D eigenvalue weighted by molar-refractivity contribution is 5.90. The number of aromatic amines is 1. The third-order valence-electron chi connectivity index (χ3n) is 2.57. The molecule has 0 radical (unpaired) electrons. The number of carbonyl (C=O) groups excluding carboxylic acids is 1. The Morgan fingerprint density at radius 2 is 2.35 bits per heavy atom. The molecule has 1 aromatic heterocycles. The molecule has 1 amide bonds. The summed E-state index contributed by atoms with van der Waals surface area (Å²) in [5.74, 6) is 0.266. The molecular formula is C10H16N4O3. The standard InChI is InChI=1S/C10H16N4O3/c1-2-17-10-12-9(13-14-10)11-8(15)7-3-5-16-6-4-7/h7H,2-6H2,1H3,(H2,11,12,13,14,15). The minimum absolute atomic E-state index is 0.00982. The van der Waals surface area contributed by atoms with Gasteiger partial charge in [-0.15, -0.1) is 5.10 Å². The third kappa shape index (κ3) is 3.16. The molecule has 2 heterocycles. The smallest absolute Gasteiger partial charge is 0.337 e. The number of nitrogens with zero attached hydrogens (tertiary/aromatic N) is 2. The summed E-state index contributed by atoms with van der Waals surface area (Å²) in [5.41, 5.74) is 0. The van der Waals surface area contributed by atoms with Gasteiger partial charge in [-0.1, -0.05) is 0 Å². The molecule has 1 saturated heterocycles. The summed E-state index contributed by atoms with van der Waals surface area (Å²) in [4.78, 5) is 15.8. The lowest BCUT2D eigenvalue weighted by Gasteiger charge is -2.20. The minimum atomic E-state index is -0.0486. The van der Waals surface area contributed by atoms with Gasteiger partial charge < -0.3 is 9.47 Å². The maximum atomic E-state index is 11.8. The second-order valence-corrected chi connectivity index (χ2v) is 3.78. The number of anilines is 1. The Balaban J connectivity index is 1.88. The van der Waals surface area contributed by atoms with Crippen molar-refractivity contribution in [2.75, 3.05) is 25.1 Å². The Hall–Kier alpha value is -1.63. The Morgan fingerprint density at radius 1 is 1.59 bits per heavy atom. The van der Waals surface area contributed by atoms with Crippen molar-refractivity contribution < 1.29 is 14.3 Å². The van der Waals surface area contributed by atoms with Crippen LogP contribution in [-0.2, 0) is 9.53 Å². The fourth-order valence-electron chi connectivity index (χ4n) is 1.67. The number of ether oxygens (including phenoxy) is 2. The van der Waals surface area contributed by atoms with Crippen molar-refractivity contribution in [2.24, 2.45) is 5.92 Å². The summed E-state index contributed by atoms with van der Waals surface area (Å²) in [6, 6.07) is 0.245. The molecule has 0 aliphatic carbocycles. The molecule has 1 aromatic rings. The summed E-state index contributed by atoms with van der Waals surface area (Å²) in [6.07, 6.45) is 1.50. The van der Waals surface area contributed by atoms with Crippen LogP contribution in [0.25, 0.3) is 0 Å². The fraction of sp³-hybridized carbons (Fsp3) is 0.700. The molecule has 17 heavy (non-hydrogen) atoms. The maximum absolute atomic E-state index is 11.8. The van der Waals surface area contributed by atoms with E-state index in [1.807, 2.05) is 6.92 Å². The average Bonchev–Trinajstić information content (AvgIpc) is 2.78. The Bertz CT molecular complexity index is 373. The predicted molar refractivity (Wildman–Crippen MR) is 59.7 cm³/mol. The molecule has 0 aromatic carbocycles. The lowest BCUT2D eigenvalue weighted by Crippen LogP contribution is -2.28. The second kappa shape index (κ2) is 5.62. The normalized spacial score (nSPS) is 16.8. The quantitative estimate of drug-likeness (QED) is 0.803. The highest BCUT2D eigenvalue weighted by atomic mass is 16.5. The van der Waals surface area contributed by atoms with Gasteiger partial charge in [0.05, 0.1) is 6.61 Å². The van der Waals surface area contributed by atoms with Crippen LogP contribution < -0.4 is 10.1 Å². The fourth-order valence-corrected chi connectivity index (χ4v) is 1.67. The molecule has 0 saturated carbocycles. The average molecular weight is 240 g/mol. The van der Waals surface area contributed by atoms with Crippen molar-refractivity contribution in [1.82, 2.24) is 15.2 Å². The SMILES string of the molecule is CCOc1n[nH]c(NC(=O)C2CCOCC2)n1. The van der Waals surface area contributed by atoms with Gasteiger partial charge in [0.2, 0.25) is 11.9 Å². The molecule has 1 aliphatic heterocycles. The zero-order chi connectivity index (χ0) is 12.1. The Morgan fingerprint density at radius 3 is 3.06 bits per heavy atom. The van der Waals surface area contributed by atoms with Crippen LogP contribution in [-0.4, -0.2) is 40.9 Å². The van der Waals surface area contributed by atoms with Gasteiger partial charge in [0.25, 0.3) is 0 Å². The maximum Gasteiger partial charge on any atom is 0.337 e. The first-order valence-electron chi connectivity index (χ1n) is 5.73. The highest BCUT2D eigenvalue weighted by Gasteiger charge is 2.22. The number of aromatic nitrogens is 3. The number of hydrogen-bond donors (Lipinski definition) is 2. The van der Waals surface area contributed by atoms with Gasteiger partial charge in [0, 0.05) is 19.1 Å². The molecule has 0 bridgehead atoms. The number of rotatable bonds is 4. The molecule has 0 unspecified atom stereocenters. The summed E-state index contributed by atoms with van der Waals surface area (Å²) >= 11 is 0. The predicted octanol–water partition coefficient (Wildman–Crippen LogP) is 0.568. The zero-order valence-electron chi connectivity index (χ0n) is 9.73. The van der Waals surface area contributed by atoms with Gasteiger partial charge in [-0.2, -0.15) is 4.98 Å². The van der Waals surface area contributed by atoms with Crippen molar-refractivity contribution >= 4 is 11.9 Å². The van der Waals surface area contributed by atoms with Crippen molar-refractivity contribution in [2.45, 2.75) is 19.8 Å². The van der Waals surface area contributed by atoms with E-state index in [9.17, 15) is 4.79 Å². The van der Waals surface area contributed by atoms with Crippen LogP contribution in [0.2, 0.25) is 0 Å². The van der Waals surface area contributed by atoms with E-state index in [1.54, 1.807) is 0 Å². The summed E-state index contributed by atoms with van der Waals surface area (Å²) in [6.45, 7) is 3.61. The largest absolute Gasteiger partial charge is 0.463 e. The van der Waals surface area contributed by atoms with Crippen molar-refractivity contribution in [3.8, 4) is 6.01 Å². The van der Waals surface area contributed by atoms with Crippen LogP contribution in [0, 0.1) is 5.92 Å². The van der Waals surface area contributed by atoms with E-state index in [4.69, 9.17) is 9.47 Å². The van der Waals surface area contributed by atoms with E-state index >= 15 is 0 Å². The van der Waals surface area contributed by atoms with Crippen LogP contribution in [0.3, 0.4) is 0 Å². The first kappa shape index (κ1) is 11.8. The summed E-state index contributed by atoms with van der Waals surface area (Å²) in [7, 11) is 0. The van der Waals surface area contributed by atoms with E-state index in [2.05, 4.69) is 20.5 Å². The summed E-state index contributed by atoms with van der Waals surface area (Å²) < 4.78 is 10.3. The molecule has 2 N–H and O–H groups in total. The first-order chi connectivity index (χ1) is 8.29. The van der Waals surface area contributed by atoms with Gasteiger partial charge in [0.1, 0.15) is 0 Å². The molecular weight excluding hydrogens is 224 g/mol. The number of hydrogen-bond acceptors (Lipinski definition) is 5. The van der Waals surface area contributed by atoms with E-state index in [1.165, 1.54) is 0 Å².